The molecule has 15 heavy (non-hydrogen) atoms. The Bertz CT molecular complexity index is 537. The number of nitrogens with one attached hydrogen (secondary N) is 1. The Kier molecular flexibility index (Phi) is 2.56. The third-order valence-corrected chi connectivity index (χ3v) is 4.43. The molecule has 0 bridgehead atoms. The summed E-state index contributed by atoms with van der Waals surface area (Å²) in [6, 6.07) is 0. The number of halogens is 1. The number of sulfone groups is 1. The van der Waals surface area contributed by atoms with Gasteiger partial charge in [-0.15, -0.1) is 0 Å². The summed E-state index contributed by atoms with van der Waals surface area (Å²) >= 11 is 5.49. The molecule has 82 valence electrons. The molecule has 1 fully saturated rings. The zero-order valence-corrected chi connectivity index (χ0v) is 9.31. The highest BCUT2D eigenvalue weighted by Gasteiger charge is 2.30. The number of H-pyrrole nitrogens is 1. The molecule has 2 rings (SSSR count). The number of aromatic amines is 1. The van der Waals surface area contributed by atoms with Gasteiger partial charge in [0.2, 0.25) is 5.28 Å². The minimum absolute atomic E-state index is 0.0182. The van der Waals surface area contributed by atoms with Gasteiger partial charge < -0.3 is 0 Å². The predicted molar refractivity (Wildman–Crippen MR) is 55.9 cm³/mol. The highest BCUT2D eigenvalue weighted by atomic mass is 35.5. The minimum Gasteiger partial charge on any atom is -0.297 e. The molecule has 1 saturated heterocycles. The molecular formula is C8H9ClN2O3S. The first kappa shape index (κ1) is 10.6. The lowest BCUT2D eigenvalue weighted by Gasteiger charge is -2.05. The van der Waals surface area contributed by atoms with Crippen molar-refractivity contribution in [2.24, 2.45) is 0 Å². The second kappa shape index (κ2) is 3.61. The van der Waals surface area contributed by atoms with Crippen LogP contribution in [-0.4, -0.2) is 29.9 Å². The number of rotatable bonds is 1. The van der Waals surface area contributed by atoms with E-state index < -0.39 is 9.84 Å². The Morgan fingerprint density at radius 1 is 1.53 bits per heavy atom. The molecule has 1 aliphatic rings. The first-order chi connectivity index (χ1) is 6.98. The van der Waals surface area contributed by atoms with Gasteiger partial charge in [-0.05, 0) is 18.0 Å². The highest BCUT2D eigenvalue weighted by Crippen LogP contribution is 2.26. The quantitative estimate of drug-likeness (QED) is 0.726. The lowest BCUT2D eigenvalue weighted by Crippen LogP contribution is -2.18. The van der Waals surface area contributed by atoms with Crippen molar-refractivity contribution in [1.29, 1.82) is 0 Å². The minimum atomic E-state index is -2.98. The average Bonchev–Trinajstić information content (AvgIpc) is 2.46. The van der Waals surface area contributed by atoms with E-state index in [1.54, 1.807) is 0 Å². The van der Waals surface area contributed by atoms with Crippen LogP contribution < -0.4 is 5.56 Å². The molecule has 5 nitrogen and oxygen atoms in total. The fraction of sp³-hybridized carbons (Fsp3) is 0.500. The van der Waals surface area contributed by atoms with Crippen LogP contribution in [0.3, 0.4) is 0 Å². The average molecular weight is 249 g/mol. The SMILES string of the molecule is O=c1[nH]c(Cl)ncc1C1CCS(=O)(=O)C1. The molecule has 1 aromatic heterocycles. The molecule has 0 aliphatic carbocycles. The second-order valence-electron chi connectivity index (χ2n) is 3.56. The summed E-state index contributed by atoms with van der Waals surface area (Å²) in [5.41, 5.74) is 0.0533. The number of hydrogen-bond acceptors (Lipinski definition) is 4. The maximum absolute atomic E-state index is 11.5. The molecule has 0 amide bonds. The van der Waals surface area contributed by atoms with Gasteiger partial charge in [-0.3, -0.25) is 9.78 Å². The van der Waals surface area contributed by atoms with E-state index in [0.29, 0.717) is 12.0 Å². The van der Waals surface area contributed by atoms with E-state index in [9.17, 15) is 13.2 Å². The monoisotopic (exact) mass is 248 g/mol. The van der Waals surface area contributed by atoms with Crippen molar-refractivity contribution in [2.45, 2.75) is 12.3 Å². The van der Waals surface area contributed by atoms with Gasteiger partial charge in [0, 0.05) is 17.7 Å². The summed E-state index contributed by atoms with van der Waals surface area (Å²) in [5.74, 6) is -0.0809. The van der Waals surface area contributed by atoms with Gasteiger partial charge in [0.05, 0.1) is 11.5 Å². The van der Waals surface area contributed by atoms with E-state index in [2.05, 4.69) is 9.97 Å². The maximum Gasteiger partial charge on any atom is 0.255 e. The van der Waals surface area contributed by atoms with Crippen LogP contribution in [0.15, 0.2) is 11.0 Å². The standard InChI is InChI=1S/C8H9ClN2O3S/c9-8-10-3-6(7(12)11-8)5-1-2-15(13,14)4-5/h3,5H,1-2,4H2,(H,10,11,12). The van der Waals surface area contributed by atoms with Gasteiger partial charge in [-0.1, -0.05) is 0 Å². The van der Waals surface area contributed by atoms with Crippen molar-refractivity contribution in [3.63, 3.8) is 0 Å². The van der Waals surface area contributed by atoms with Crippen molar-refractivity contribution >= 4 is 21.4 Å². The first-order valence-corrected chi connectivity index (χ1v) is 6.63. The molecule has 1 atom stereocenters. The van der Waals surface area contributed by atoms with Crippen LogP contribution in [0, 0.1) is 0 Å². The number of nitrogens with zero attached hydrogens (tertiary/aromatic N) is 1. The van der Waals surface area contributed by atoms with E-state index in [4.69, 9.17) is 11.6 Å². The van der Waals surface area contributed by atoms with Crippen LogP contribution in [0.5, 0.6) is 0 Å². The molecule has 2 heterocycles. The normalized spacial score (nSPS) is 24.2. The van der Waals surface area contributed by atoms with Gasteiger partial charge in [-0.2, -0.15) is 0 Å². The summed E-state index contributed by atoms with van der Waals surface area (Å²) in [4.78, 5) is 17.6. The molecule has 1 N–H and O–H groups in total. The first-order valence-electron chi connectivity index (χ1n) is 4.43. The third-order valence-electron chi connectivity index (χ3n) is 2.47. The van der Waals surface area contributed by atoms with Gasteiger partial charge in [0.15, 0.2) is 9.84 Å². The fourth-order valence-electron chi connectivity index (χ4n) is 1.71. The molecule has 0 radical (unpaired) electrons. The van der Waals surface area contributed by atoms with Crippen LogP contribution in [0.1, 0.15) is 17.9 Å². The molecule has 1 aromatic rings. The van der Waals surface area contributed by atoms with Crippen LogP contribution in [0.2, 0.25) is 5.28 Å². The van der Waals surface area contributed by atoms with Gasteiger partial charge in [0.1, 0.15) is 0 Å². The van der Waals surface area contributed by atoms with Crippen molar-refractivity contribution in [3.05, 3.63) is 27.4 Å². The summed E-state index contributed by atoms with van der Waals surface area (Å²) in [6.45, 7) is 0. The van der Waals surface area contributed by atoms with E-state index >= 15 is 0 Å². The lowest BCUT2D eigenvalue weighted by molar-refractivity contribution is 0.601. The van der Waals surface area contributed by atoms with E-state index in [0.717, 1.165) is 0 Å². The third kappa shape index (κ3) is 2.21. The second-order valence-corrected chi connectivity index (χ2v) is 6.15. The van der Waals surface area contributed by atoms with Crippen molar-refractivity contribution < 1.29 is 8.42 Å². The van der Waals surface area contributed by atoms with E-state index in [-0.39, 0.29) is 28.3 Å². The summed E-state index contributed by atoms with van der Waals surface area (Å²) < 4.78 is 22.5. The van der Waals surface area contributed by atoms with Crippen molar-refractivity contribution in [2.75, 3.05) is 11.5 Å². The Balaban J connectivity index is 2.36. The zero-order valence-electron chi connectivity index (χ0n) is 7.73. The molecule has 1 aliphatic heterocycles. The van der Waals surface area contributed by atoms with E-state index in [1.807, 2.05) is 0 Å². The summed E-state index contributed by atoms with van der Waals surface area (Å²) in [5, 5.41) is 0.0182. The van der Waals surface area contributed by atoms with E-state index in [1.165, 1.54) is 6.20 Å². The van der Waals surface area contributed by atoms with Crippen LogP contribution in [0.25, 0.3) is 0 Å². The predicted octanol–water partition coefficient (Wildman–Crippen LogP) is 0.325. The smallest absolute Gasteiger partial charge is 0.255 e. The topological polar surface area (TPSA) is 79.9 Å². The molecule has 0 spiro atoms. The van der Waals surface area contributed by atoms with Crippen LogP contribution in [-0.2, 0) is 9.84 Å². The number of hydrogen-bond donors (Lipinski definition) is 1. The molecule has 1 unspecified atom stereocenters. The number of aromatic nitrogens is 2. The Morgan fingerprint density at radius 3 is 2.80 bits per heavy atom. The largest absolute Gasteiger partial charge is 0.297 e. The molecule has 7 heteroatoms. The lowest BCUT2D eigenvalue weighted by atomic mass is 10.0. The zero-order chi connectivity index (χ0) is 11.1. The summed E-state index contributed by atoms with van der Waals surface area (Å²) in [6.07, 6.45) is 1.83. The van der Waals surface area contributed by atoms with Crippen LogP contribution in [0.4, 0.5) is 0 Å². The van der Waals surface area contributed by atoms with Gasteiger partial charge in [-0.25, -0.2) is 13.4 Å². The van der Waals surface area contributed by atoms with Gasteiger partial charge >= 0.3 is 0 Å². The Labute approximate surface area is 91.4 Å². The molecular weight excluding hydrogens is 240 g/mol. The highest BCUT2D eigenvalue weighted by molar-refractivity contribution is 7.91. The van der Waals surface area contributed by atoms with Gasteiger partial charge in [0.25, 0.3) is 5.56 Å². The van der Waals surface area contributed by atoms with Crippen molar-refractivity contribution in [3.8, 4) is 0 Å². The molecule has 0 aromatic carbocycles. The van der Waals surface area contributed by atoms with Crippen molar-refractivity contribution in [1.82, 2.24) is 9.97 Å². The molecule has 0 saturated carbocycles. The van der Waals surface area contributed by atoms with Crippen LogP contribution >= 0.6 is 11.6 Å². The Hall–Kier alpha value is -0.880. The summed E-state index contributed by atoms with van der Waals surface area (Å²) in [7, 11) is -2.98. The fourth-order valence-corrected chi connectivity index (χ4v) is 3.62. The Morgan fingerprint density at radius 2 is 2.27 bits per heavy atom. The maximum atomic E-state index is 11.5.